The van der Waals surface area contributed by atoms with E-state index in [2.05, 4.69) is 0 Å². The first-order chi connectivity index (χ1) is 12.0. The third-order valence-electron chi connectivity index (χ3n) is 4.04. The van der Waals surface area contributed by atoms with Gasteiger partial charge in [-0.3, -0.25) is 14.4 Å². The van der Waals surface area contributed by atoms with Gasteiger partial charge in [-0.05, 0) is 24.3 Å². The number of Topliss-reactive ketones (excluding diaryl/α,β-unsaturated/α-hetero) is 1. The van der Waals surface area contributed by atoms with E-state index in [1.807, 2.05) is 0 Å². The average Bonchev–Trinajstić information content (AvgIpc) is 3.02. The number of rotatable bonds is 5. The molecule has 6 heteroatoms. The van der Waals surface area contributed by atoms with Gasteiger partial charge in [0, 0.05) is 29.2 Å². The van der Waals surface area contributed by atoms with Crippen molar-refractivity contribution in [3.63, 3.8) is 0 Å². The maximum absolute atomic E-state index is 12.2. The molecular formula is C19H16ClNO4. The third-order valence-corrected chi connectivity index (χ3v) is 4.29. The second-order valence-electron chi connectivity index (χ2n) is 5.78. The van der Waals surface area contributed by atoms with E-state index in [0.717, 1.165) is 0 Å². The first kappa shape index (κ1) is 17.2. The number of carbonyl (C=O) groups excluding carboxylic acids is 3. The molecule has 1 aliphatic heterocycles. The summed E-state index contributed by atoms with van der Waals surface area (Å²) in [6.07, 6.45) is 0.0704. The first-order valence-electron chi connectivity index (χ1n) is 7.85. The van der Waals surface area contributed by atoms with Gasteiger partial charge in [-0.15, -0.1) is 0 Å². The number of nitrogens with zero attached hydrogens (tertiary/aromatic N) is 1. The molecule has 1 saturated heterocycles. The molecule has 1 unspecified atom stereocenters. The number of esters is 1. The molecular weight excluding hydrogens is 342 g/mol. The minimum absolute atomic E-state index is 0.0704. The lowest BCUT2D eigenvalue weighted by molar-refractivity contribution is -0.147. The molecule has 25 heavy (non-hydrogen) atoms. The van der Waals surface area contributed by atoms with Crippen LogP contribution in [0.5, 0.6) is 0 Å². The van der Waals surface area contributed by atoms with Crippen molar-refractivity contribution in [1.29, 1.82) is 0 Å². The van der Waals surface area contributed by atoms with Crippen LogP contribution in [0.2, 0.25) is 5.02 Å². The topological polar surface area (TPSA) is 63.7 Å². The molecule has 2 aromatic carbocycles. The lowest BCUT2D eigenvalue weighted by atomic mass is 10.1. The van der Waals surface area contributed by atoms with E-state index in [-0.39, 0.29) is 31.3 Å². The molecule has 3 rings (SSSR count). The summed E-state index contributed by atoms with van der Waals surface area (Å²) in [5.41, 5.74) is 1.17. The van der Waals surface area contributed by atoms with Gasteiger partial charge >= 0.3 is 5.97 Å². The van der Waals surface area contributed by atoms with Gasteiger partial charge in [0.1, 0.15) is 0 Å². The normalized spacial score (nSPS) is 16.8. The highest BCUT2D eigenvalue weighted by Gasteiger charge is 2.36. The van der Waals surface area contributed by atoms with E-state index in [1.165, 1.54) is 4.90 Å². The number of carbonyl (C=O) groups is 3. The predicted octanol–water partition coefficient (Wildman–Crippen LogP) is 3.12. The summed E-state index contributed by atoms with van der Waals surface area (Å²) in [5, 5.41) is 0.575. The maximum atomic E-state index is 12.2. The zero-order valence-electron chi connectivity index (χ0n) is 13.4. The highest BCUT2D eigenvalue weighted by atomic mass is 35.5. The Kier molecular flexibility index (Phi) is 5.14. The summed E-state index contributed by atoms with van der Waals surface area (Å²) >= 11 is 5.85. The number of anilines is 1. The fraction of sp³-hybridized carbons (Fsp3) is 0.211. The molecule has 5 nitrogen and oxygen atoms in total. The smallest absolute Gasteiger partial charge is 0.311 e. The van der Waals surface area contributed by atoms with E-state index in [9.17, 15) is 14.4 Å². The van der Waals surface area contributed by atoms with Crippen LogP contribution >= 0.6 is 11.6 Å². The summed E-state index contributed by atoms with van der Waals surface area (Å²) in [6.45, 7) is -0.0900. The zero-order chi connectivity index (χ0) is 17.8. The van der Waals surface area contributed by atoms with Gasteiger partial charge in [-0.1, -0.05) is 41.9 Å². The van der Waals surface area contributed by atoms with Crippen molar-refractivity contribution >= 4 is 34.9 Å². The van der Waals surface area contributed by atoms with E-state index >= 15 is 0 Å². The van der Waals surface area contributed by atoms with Crippen LogP contribution in [0, 0.1) is 5.92 Å². The van der Waals surface area contributed by atoms with Crippen LogP contribution < -0.4 is 4.90 Å². The fourth-order valence-electron chi connectivity index (χ4n) is 2.70. The number of ether oxygens (including phenoxy) is 1. The van der Waals surface area contributed by atoms with Crippen molar-refractivity contribution in [3.05, 3.63) is 65.2 Å². The summed E-state index contributed by atoms with van der Waals surface area (Å²) in [4.78, 5) is 37.8. The number of benzene rings is 2. The van der Waals surface area contributed by atoms with E-state index in [4.69, 9.17) is 16.3 Å². The fourth-order valence-corrected chi connectivity index (χ4v) is 2.82. The molecule has 0 bridgehead atoms. The van der Waals surface area contributed by atoms with Crippen LogP contribution in [0.25, 0.3) is 0 Å². The molecule has 0 N–H and O–H groups in total. The van der Waals surface area contributed by atoms with Crippen molar-refractivity contribution in [2.75, 3.05) is 18.1 Å². The van der Waals surface area contributed by atoms with Crippen LogP contribution in [0.3, 0.4) is 0 Å². The largest absolute Gasteiger partial charge is 0.457 e. The van der Waals surface area contributed by atoms with Gasteiger partial charge in [0.15, 0.2) is 12.4 Å². The van der Waals surface area contributed by atoms with Gasteiger partial charge in [0.05, 0.1) is 5.92 Å². The van der Waals surface area contributed by atoms with Crippen molar-refractivity contribution in [2.24, 2.45) is 5.92 Å². The Bertz CT molecular complexity index is 789. The summed E-state index contributed by atoms with van der Waals surface area (Å²) < 4.78 is 5.11. The first-order valence-corrected chi connectivity index (χ1v) is 8.23. The van der Waals surface area contributed by atoms with Crippen molar-refractivity contribution in [3.8, 4) is 0 Å². The Morgan fingerprint density at radius 3 is 2.44 bits per heavy atom. The molecule has 0 aromatic heterocycles. The Morgan fingerprint density at radius 2 is 1.76 bits per heavy atom. The maximum Gasteiger partial charge on any atom is 0.311 e. The highest BCUT2D eigenvalue weighted by Crippen LogP contribution is 2.27. The number of ketones is 1. The van der Waals surface area contributed by atoms with Gasteiger partial charge in [-0.25, -0.2) is 0 Å². The van der Waals surface area contributed by atoms with E-state index < -0.39 is 11.9 Å². The molecule has 2 aromatic rings. The molecule has 0 aliphatic carbocycles. The molecule has 0 spiro atoms. The molecule has 1 amide bonds. The monoisotopic (exact) mass is 357 g/mol. The van der Waals surface area contributed by atoms with Gasteiger partial charge in [0.25, 0.3) is 0 Å². The Morgan fingerprint density at radius 1 is 1.08 bits per heavy atom. The Labute approximate surface area is 150 Å². The van der Waals surface area contributed by atoms with E-state index in [0.29, 0.717) is 16.3 Å². The molecule has 128 valence electrons. The molecule has 0 saturated carbocycles. The average molecular weight is 358 g/mol. The van der Waals surface area contributed by atoms with Crippen molar-refractivity contribution in [2.45, 2.75) is 6.42 Å². The van der Waals surface area contributed by atoms with Gasteiger partial charge in [-0.2, -0.15) is 0 Å². The van der Waals surface area contributed by atoms with E-state index in [1.54, 1.807) is 54.6 Å². The molecule has 1 atom stereocenters. The standard InChI is InChI=1S/C19H16ClNO4/c20-15-6-8-16(9-7-15)21-11-14(10-18(21)23)19(24)25-12-17(22)13-4-2-1-3-5-13/h1-9,14H,10-12H2. The summed E-state index contributed by atoms with van der Waals surface area (Å²) in [6, 6.07) is 15.5. The van der Waals surface area contributed by atoms with Gasteiger partial charge < -0.3 is 9.64 Å². The lowest BCUT2D eigenvalue weighted by Gasteiger charge is -2.16. The number of hydrogen-bond acceptors (Lipinski definition) is 4. The third kappa shape index (κ3) is 4.06. The Hall–Kier alpha value is -2.66. The number of amides is 1. The molecule has 1 heterocycles. The van der Waals surface area contributed by atoms with Crippen molar-refractivity contribution in [1.82, 2.24) is 0 Å². The molecule has 1 aliphatic rings. The summed E-state index contributed by atoms with van der Waals surface area (Å²) in [5.74, 6) is -1.53. The van der Waals surface area contributed by atoms with Crippen LogP contribution in [0.4, 0.5) is 5.69 Å². The second kappa shape index (κ2) is 7.49. The molecule has 0 radical (unpaired) electrons. The lowest BCUT2D eigenvalue weighted by Crippen LogP contribution is -2.27. The minimum Gasteiger partial charge on any atom is -0.457 e. The number of hydrogen-bond donors (Lipinski definition) is 0. The van der Waals surface area contributed by atoms with Crippen LogP contribution in [0.15, 0.2) is 54.6 Å². The van der Waals surface area contributed by atoms with Crippen LogP contribution in [-0.2, 0) is 14.3 Å². The highest BCUT2D eigenvalue weighted by molar-refractivity contribution is 6.30. The summed E-state index contributed by atoms with van der Waals surface area (Å²) in [7, 11) is 0. The number of halogens is 1. The van der Waals surface area contributed by atoms with Crippen LogP contribution in [0.1, 0.15) is 16.8 Å². The predicted molar refractivity (Wildman–Crippen MR) is 93.6 cm³/mol. The van der Waals surface area contributed by atoms with Crippen molar-refractivity contribution < 1.29 is 19.1 Å². The SMILES string of the molecule is O=C(COC(=O)C1CC(=O)N(c2ccc(Cl)cc2)C1)c1ccccc1. The minimum atomic E-state index is -0.577. The Balaban J connectivity index is 1.57. The zero-order valence-corrected chi connectivity index (χ0v) is 14.1. The second-order valence-corrected chi connectivity index (χ2v) is 6.22. The quantitative estimate of drug-likeness (QED) is 0.609. The van der Waals surface area contributed by atoms with Crippen LogP contribution in [-0.4, -0.2) is 30.8 Å². The molecule has 1 fully saturated rings. The van der Waals surface area contributed by atoms with Gasteiger partial charge in [0.2, 0.25) is 5.91 Å².